The Bertz CT molecular complexity index is 763. The van der Waals surface area contributed by atoms with E-state index in [1.54, 1.807) is 25.1 Å². The van der Waals surface area contributed by atoms with Crippen molar-refractivity contribution >= 4 is 11.6 Å². The summed E-state index contributed by atoms with van der Waals surface area (Å²) in [6.07, 6.45) is 1.64. The Balaban J connectivity index is 1.88. The molecule has 2 rings (SSSR count). The summed E-state index contributed by atoms with van der Waals surface area (Å²) in [5.41, 5.74) is 2.39. The van der Waals surface area contributed by atoms with Crippen LogP contribution < -0.4 is 15.4 Å². The number of carbonyl (C=O) groups excluding carboxylic acids is 1. The normalized spacial score (nSPS) is 11.0. The van der Waals surface area contributed by atoms with Crippen LogP contribution in [-0.2, 0) is 11.4 Å². The van der Waals surface area contributed by atoms with Crippen LogP contribution in [0.2, 0.25) is 0 Å². The van der Waals surface area contributed by atoms with E-state index in [1.165, 1.54) is 0 Å². The van der Waals surface area contributed by atoms with Gasteiger partial charge in [-0.3, -0.25) is 4.79 Å². The SMILES string of the molecule is C=CCNC(=O)C(C)Nc1ccc(OCc2cccc(C#N)c2)cc1. The van der Waals surface area contributed by atoms with Gasteiger partial charge in [0.05, 0.1) is 11.6 Å². The van der Waals surface area contributed by atoms with E-state index in [-0.39, 0.29) is 11.9 Å². The molecule has 0 spiro atoms. The Kier molecular flexibility index (Phi) is 6.61. The van der Waals surface area contributed by atoms with Gasteiger partial charge in [0.25, 0.3) is 0 Å². The zero-order valence-electron chi connectivity index (χ0n) is 14.2. The number of amides is 1. The lowest BCUT2D eigenvalue weighted by Gasteiger charge is -2.15. The van der Waals surface area contributed by atoms with E-state index in [4.69, 9.17) is 10.00 Å². The molecule has 0 aliphatic rings. The molecule has 2 aromatic rings. The Labute approximate surface area is 147 Å². The monoisotopic (exact) mass is 335 g/mol. The minimum atomic E-state index is -0.347. The average Bonchev–Trinajstić information content (AvgIpc) is 2.65. The van der Waals surface area contributed by atoms with Crippen molar-refractivity contribution in [3.05, 3.63) is 72.3 Å². The molecule has 5 nitrogen and oxygen atoms in total. The summed E-state index contributed by atoms with van der Waals surface area (Å²) in [6, 6.07) is 16.5. The summed E-state index contributed by atoms with van der Waals surface area (Å²) in [5.74, 6) is 0.634. The van der Waals surface area contributed by atoms with Crippen molar-refractivity contribution in [1.82, 2.24) is 5.32 Å². The van der Waals surface area contributed by atoms with Crippen LogP contribution in [0.15, 0.2) is 61.2 Å². The summed E-state index contributed by atoms with van der Waals surface area (Å²) in [7, 11) is 0. The van der Waals surface area contributed by atoms with Gasteiger partial charge in [0.2, 0.25) is 5.91 Å². The Morgan fingerprint density at radius 2 is 2.08 bits per heavy atom. The zero-order valence-corrected chi connectivity index (χ0v) is 14.2. The molecule has 2 N–H and O–H groups in total. The van der Waals surface area contributed by atoms with E-state index in [1.807, 2.05) is 36.4 Å². The standard InChI is InChI=1S/C20H21N3O2/c1-3-11-22-20(24)15(2)23-18-7-9-19(10-8-18)25-14-17-6-4-5-16(12-17)13-21/h3-10,12,15,23H,1,11,14H2,2H3,(H,22,24). The molecule has 2 aromatic carbocycles. The van der Waals surface area contributed by atoms with Crippen molar-refractivity contribution < 1.29 is 9.53 Å². The van der Waals surface area contributed by atoms with E-state index in [0.717, 1.165) is 17.0 Å². The largest absolute Gasteiger partial charge is 0.489 e. The number of rotatable bonds is 8. The van der Waals surface area contributed by atoms with Crippen molar-refractivity contribution in [2.45, 2.75) is 19.6 Å². The van der Waals surface area contributed by atoms with Gasteiger partial charge in [0, 0.05) is 12.2 Å². The van der Waals surface area contributed by atoms with Gasteiger partial charge < -0.3 is 15.4 Å². The van der Waals surface area contributed by atoms with E-state index in [0.29, 0.717) is 18.7 Å². The molecule has 0 saturated carbocycles. The molecule has 1 atom stereocenters. The highest BCUT2D eigenvalue weighted by atomic mass is 16.5. The average molecular weight is 335 g/mol. The summed E-state index contributed by atoms with van der Waals surface area (Å²) >= 11 is 0. The first-order valence-electron chi connectivity index (χ1n) is 7.99. The second kappa shape index (κ2) is 9.14. The van der Waals surface area contributed by atoms with Crippen molar-refractivity contribution in [1.29, 1.82) is 5.26 Å². The third kappa shape index (κ3) is 5.70. The van der Waals surface area contributed by atoms with Gasteiger partial charge >= 0.3 is 0 Å². The summed E-state index contributed by atoms with van der Waals surface area (Å²) in [5, 5.41) is 14.8. The Hall–Kier alpha value is -3.26. The molecule has 0 bridgehead atoms. The van der Waals surface area contributed by atoms with E-state index < -0.39 is 0 Å². The van der Waals surface area contributed by atoms with Gasteiger partial charge in [-0.05, 0) is 48.9 Å². The van der Waals surface area contributed by atoms with Gasteiger partial charge in [-0.25, -0.2) is 0 Å². The molecule has 1 amide bonds. The molecular formula is C20H21N3O2. The quantitative estimate of drug-likeness (QED) is 0.726. The zero-order chi connectivity index (χ0) is 18.1. The second-order valence-electron chi connectivity index (χ2n) is 5.53. The molecule has 0 saturated heterocycles. The number of benzene rings is 2. The lowest BCUT2D eigenvalue weighted by atomic mass is 10.1. The lowest BCUT2D eigenvalue weighted by molar-refractivity contribution is -0.121. The maximum Gasteiger partial charge on any atom is 0.242 e. The van der Waals surface area contributed by atoms with Gasteiger partial charge in [-0.1, -0.05) is 18.2 Å². The van der Waals surface area contributed by atoms with Crippen molar-refractivity contribution in [3.8, 4) is 11.8 Å². The lowest BCUT2D eigenvalue weighted by Crippen LogP contribution is -2.37. The van der Waals surface area contributed by atoms with Gasteiger partial charge in [-0.15, -0.1) is 6.58 Å². The Morgan fingerprint density at radius 1 is 1.32 bits per heavy atom. The van der Waals surface area contributed by atoms with Crippen molar-refractivity contribution in [2.75, 3.05) is 11.9 Å². The maximum absolute atomic E-state index is 11.8. The summed E-state index contributed by atoms with van der Waals surface area (Å²) in [6.45, 7) is 6.21. The van der Waals surface area contributed by atoms with Crippen LogP contribution in [0.1, 0.15) is 18.1 Å². The number of hydrogen-bond donors (Lipinski definition) is 2. The molecule has 0 fully saturated rings. The van der Waals surface area contributed by atoms with Gasteiger partial charge in [0.1, 0.15) is 18.4 Å². The number of nitrogens with one attached hydrogen (secondary N) is 2. The van der Waals surface area contributed by atoms with Crippen LogP contribution in [0.25, 0.3) is 0 Å². The predicted molar refractivity (Wildman–Crippen MR) is 98.2 cm³/mol. The molecule has 0 aromatic heterocycles. The highest BCUT2D eigenvalue weighted by Crippen LogP contribution is 2.18. The summed E-state index contributed by atoms with van der Waals surface area (Å²) in [4.78, 5) is 11.8. The number of nitriles is 1. The van der Waals surface area contributed by atoms with Gasteiger partial charge in [-0.2, -0.15) is 5.26 Å². The fraction of sp³-hybridized carbons (Fsp3) is 0.200. The molecule has 0 aliphatic carbocycles. The second-order valence-corrected chi connectivity index (χ2v) is 5.53. The number of carbonyl (C=O) groups is 1. The first-order chi connectivity index (χ1) is 12.1. The third-order valence-electron chi connectivity index (χ3n) is 3.51. The van der Waals surface area contributed by atoms with Crippen molar-refractivity contribution in [3.63, 3.8) is 0 Å². The smallest absolute Gasteiger partial charge is 0.242 e. The molecule has 0 radical (unpaired) electrons. The van der Waals surface area contributed by atoms with Crippen LogP contribution in [0.5, 0.6) is 5.75 Å². The Morgan fingerprint density at radius 3 is 2.76 bits per heavy atom. The predicted octanol–water partition coefficient (Wildman–Crippen LogP) is 3.24. The van der Waals surface area contributed by atoms with Crippen molar-refractivity contribution in [2.24, 2.45) is 0 Å². The fourth-order valence-corrected chi connectivity index (χ4v) is 2.19. The molecular weight excluding hydrogens is 314 g/mol. The topological polar surface area (TPSA) is 74.2 Å². The summed E-state index contributed by atoms with van der Waals surface area (Å²) < 4.78 is 5.72. The first kappa shape index (κ1) is 18.1. The third-order valence-corrected chi connectivity index (χ3v) is 3.51. The van der Waals surface area contributed by atoms with E-state index in [2.05, 4.69) is 23.3 Å². The highest BCUT2D eigenvalue weighted by molar-refractivity contribution is 5.84. The molecule has 1 unspecified atom stereocenters. The van der Waals surface area contributed by atoms with Gasteiger partial charge in [0.15, 0.2) is 0 Å². The van der Waals surface area contributed by atoms with E-state index >= 15 is 0 Å². The van der Waals surface area contributed by atoms with E-state index in [9.17, 15) is 4.79 Å². The number of ether oxygens (including phenoxy) is 1. The number of anilines is 1. The fourth-order valence-electron chi connectivity index (χ4n) is 2.19. The molecule has 0 heterocycles. The molecule has 0 aliphatic heterocycles. The highest BCUT2D eigenvalue weighted by Gasteiger charge is 2.11. The molecule has 25 heavy (non-hydrogen) atoms. The number of hydrogen-bond acceptors (Lipinski definition) is 4. The van der Waals surface area contributed by atoms with Crippen LogP contribution >= 0.6 is 0 Å². The first-order valence-corrected chi connectivity index (χ1v) is 7.99. The number of nitrogens with zero attached hydrogens (tertiary/aromatic N) is 1. The maximum atomic E-state index is 11.8. The minimum absolute atomic E-state index is 0.0856. The molecule has 5 heteroatoms. The van der Waals surface area contributed by atoms with Crippen LogP contribution in [0.3, 0.4) is 0 Å². The van der Waals surface area contributed by atoms with Crippen LogP contribution in [-0.4, -0.2) is 18.5 Å². The molecule has 128 valence electrons. The van der Waals surface area contributed by atoms with Crippen LogP contribution in [0.4, 0.5) is 5.69 Å². The van der Waals surface area contributed by atoms with Crippen LogP contribution in [0, 0.1) is 11.3 Å². The minimum Gasteiger partial charge on any atom is -0.489 e.